The summed E-state index contributed by atoms with van der Waals surface area (Å²) in [7, 11) is 0. The van der Waals surface area contributed by atoms with Gasteiger partial charge in [0.2, 0.25) is 0 Å². The van der Waals surface area contributed by atoms with Crippen molar-refractivity contribution in [2.75, 3.05) is 0 Å². The molecule has 0 saturated carbocycles. The molecule has 0 fully saturated rings. The molecule has 6 nitrogen and oxygen atoms in total. The first-order valence-electron chi connectivity index (χ1n) is 7.94. The van der Waals surface area contributed by atoms with Gasteiger partial charge in [-0.1, -0.05) is 22.0 Å². The van der Waals surface area contributed by atoms with Gasteiger partial charge in [-0.2, -0.15) is 0 Å². The van der Waals surface area contributed by atoms with Gasteiger partial charge in [-0.3, -0.25) is 19.6 Å². The van der Waals surface area contributed by atoms with Crippen LogP contribution >= 0.6 is 15.9 Å². The van der Waals surface area contributed by atoms with E-state index in [-0.39, 0.29) is 11.4 Å². The summed E-state index contributed by atoms with van der Waals surface area (Å²) in [4.78, 5) is 18.8. The predicted molar refractivity (Wildman–Crippen MR) is 106 cm³/mol. The summed E-state index contributed by atoms with van der Waals surface area (Å²) >= 11 is 3.42. The van der Waals surface area contributed by atoms with E-state index in [1.54, 1.807) is 17.0 Å². The number of aryl methyl sites for hydroxylation is 1. The normalized spacial score (nSPS) is 11.6. The standard InChI is InChI=1S/C19H15BrN4O2/c1-11-8-18(25)23-24(11)14-5-3-13(4-6-14)21-10-16-15-7-2-12(20)9-17(15)22-19(16)26/h2-10,22,26H,1H3,(H,23,25). The summed E-state index contributed by atoms with van der Waals surface area (Å²) in [5.41, 5.74) is 3.77. The number of aliphatic imine (C=N–C) groups is 1. The number of hydrogen-bond donors (Lipinski definition) is 3. The monoisotopic (exact) mass is 410 g/mol. The Morgan fingerprint density at radius 1 is 1.15 bits per heavy atom. The lowest BCUT2D eigenvalue weighted by atomic mass is 10.2. The fourth-order valence-electron chi connectivity index (χ4n) is 2.89. The minimum atomic E-state index is -0.133. The maximum absolute atomic E-state index is 11.4. The Morgan fingerprint density at radius 2 is 1.92 bits per heavy atom. The summed E-state index contributed by atoms with van der Waals surface area (Å²) < 4.78 is 2.66. The number of halogens is 1. The van der Waals surface area contributed by atoms with E-state index in [4.69, 9.17) is 0 Å². The zero-order valence-electron chi connectivity index (χ0n) is 13.8. The molecule has 26 heavy (non-hydrogen) atoms. The Bertz CT molecular complexity index is 1180. The van der Waals surface area contributed by atoms with Crippen LogP contribution in [0.25, 0.3) is 16.6 Å². The van der Waals surface area contributed by atoms with Gasteiger partial charge in [0.05, 0.1) is 22.5 Å². The van der Waals surface area contributed by atoms with Crippen molar-refractivity contribution in [3.05, 3.63) is 74.6 Å². The molecule has 0 aliphatic rings. The van der Waals surface area contributed by atoms with Gasteiger partial charge in [0.25, 0.3) is 5.56 Å². The summed E-state index contributed by atoms with van der Waals surface area (Å²) in [6, 6.07) is 14.8. The lowest BCUT2D eigenvalue weighted by molar-refractivity contribution is 0.457. The van der Waals surface area contributed by atoms with Crippen LogP contribution in [0.5, 0.6) is 5.88 Å². The van der Waals surface area contributed by atoms with E-state index >= 15 is 0 Å². The summed E-state index contributed by atoms with van der Waals surface area (Å²) in [5.74, 6) is 0.0824. The highest BCUT2D eigenvalue weighted by atomic mass is 79.9. The van der Waals surface area contributed by atoms with Crippen LogP contribution in [-0.2, 0) is 0 Å². The molecular formula is C19H15BrN4O2. The number of aromatic nitrogens is 3. The van der Waals surface area contributed by atoms with Crippen molar-refractivity contribution in [3.63, 3.8) is 0 Å². The van der Waals surface area contributed by atoms with Crippen LogP contribution in [0.3, 0.4) is 0 Å². The molecule has 7 heteroatoms. The first kappa shape index (κ1) is 16.4. The highest BCUT2D eigenvalue weighted by Crippen LogP contribution is 2.28. The van der Waals surface area contributed by atoms with Crippen molar-refractivity contribution >= 4 is 38.7 Å². The average molecular weight is 411 g/mol. The lowest BCUT2D eigenvalue weighted by Gasteiger charge is -2.05. The summed E-state index contributed by atoms with van der Waals surface area (Å²) in [6.45, 7) is 1.86. The van der Waals surface area contributed by atoms with E-state index in [2.05, 4.69) is 31.0 Å². The smallest absolute Gasteiger partial charge is 0.264 e. The molecule has 2 heterocycles. The zero-order valence-corrected chi connectivity index (χ0v) is 15.4. The number of rotatable bonds is 3. The van der Waals surface area contributed by atoms with Crippen molar-refractivity contribution in [1.29, 1.82) is 0 Å². The molecule has 0 amide bonds. The molecule has 2 aromatic carbocycles. The van der Waals surface area contributed by atoms with Crippen LogP contribution in [0.2, 0.25) is 0 Å². The SMILES string of the molecule is Cc1cc(=O)[nH]n1-c1ccc(N=Cc2c(O)[nH]c3cc(Br)ccc23)cc1. The van der Waals surface area contributed by atoms with Crippen LogP contribution < -0.4 is 5.56 Å². The molecule has 0 saturated heterocycles. The van der Waals surface area contributed by atoms with Crippen LogP contribution in [0.1, 0.15) is 11.3 Å². The number of fused-ring (bicyclic) bond motifs is 1. The van der Waals surface area contributed by atoms with Gasteiger partial charge in [0, 0.05) is 27.8 Å². The van der Waals surface area contributed by atoms with E-state index in [0.29, 0.717) is 5.56 Å². The third-order valence-corrected chi connectivity index (χ3v) is 4.64. The number of nitrogens with zero attached hydrogens (tertiary/aromatic N) is 2. The Morgan fingerprint density at radius 3 is 2.62 bits per heavy atom. The molecule has 0 aliphatic heterocycles. The minimum absolute atomic E-state index is 0.0824. The first-order chi connectivity index (χ1) is 12.5. The number of benzene rings is 2. The molecule has 4 aromatic rings. The van der Waals surface area contributed by atoms with E-state index < -0.39 is 0 Å². The number of hydrogen-bond acceptors (Lipinski definition) is 3. The maximum Gasteiger partial charge on any atom is 0.264 e. The summed E-state index contributed by atoms with van der Waals surface area (Å²) in [5, 5.41) is 13.8. The van der Waals surface area contributed by atoms with Crippen molar-refractivity contribution in [2.45, 2.75) is 6.92 Å². The largest absolute Gasteiger partial charge is 0.494 e. The van der Waals surface area contributed by atoms with Gasteiger partial charge in [-0.25, -0.2) is 0 Å². The van der Waals surface area contributed by atoms with Crippen molar-refractivity contribution in [3.8, 4) is 11.6 Å². The van der Waals surface area contributed by atoms with Crippen molar-refractivity contribution in [2.24, 2.45) is 4.99 Å². The second kappa shape index (κ2) is 6.34. The molecule has 3 N–H and O–H groups in total. The number of aromatic hydroxyl groups is 1. The number of aromatic amines is 2. The van der Waals surface area contributed by atoms with Crippen LogP contribution in [0, 0.1) is 6.92 Å². The fraction of sp³-hybridized carbons (Fsp3) is 0.0526. The van der Waals surface area contributed by atoms with Gasteiger partial charge in [-0.05, 0) is 43.3 Å². The van der Waals surface area contributed by atoms with Crippen molar-refractivity contribution in [1.82, 2.24) is 14.8 Å². The molecule has 0 unspecified atom stereocenters. The molecule has 2 aromatic heterocycles. The second-order valence-electron chi connectivity index (χ2n) is 5.95. The molecule has 0 aliphatic carbocycles. The Balaban J connectivity index is 1.64. The third-order valence-electron chi connectivity index (χ3n) is 4.15. The fourth-order valence-corrected chi connectivity index (χ4v) is 3.25. The Labute approximate surface area is 156 Å². The van der Waals surface area contributed by atoms with Crippen LogP contribution in [-0.4, -0.2) is 26.1 Å². The molecular weight excluding hydrogens is 396 g/mol. The van der Waals surface area contributed by atoms with Gasteiger partial charge < -0.3 is 10.1 Å². The first-order valence-corrected chi connectivity index (χ1v) is 8.74. The third kappa shape index (κ3) is 2.97. The molecule has 130 valence electrons. The lowest BCUT2D eigenvalue weighted by Crippen LogP contribution is -2.03. The van der Waals surface area contributed by atoms with E-state index in [1.807, 2.05) is 49.4 Å². The minimum Gasteiger partial charge on any atom is -0.494 e. The highest BCUT2D eigenvalue weighted by Gasteiger charge is 2.09. The quantitative estimate of drug-likeness (QED) is 0.442. The molecule has 0 radical (unpaired) electrons. The Hall–Kier alpha value is -3.06. The number of nitrogens with one attached hydrogen (secondary N) is 2. The molecule has 0 bridgehead atoms. The highest BCUT2D eigenvalue weighted by molar-refractivity contribution is 9.10. The van der Waals surface area contributed by atoms with Crippen LogP contribution in [0.4, 0.5) is 5.69 Å². The molecule has 0 spiro atoms. The predicted octanol–water partition coefficient (Wildman–Crippen LogP) is 4.17. The van der Waals surface area contributed by atoms with Gasteiger partial charge >= 0.3 is 0 Å². The van der Waals surface area contributed by atoms with E-state index in [9.17, 15) is 9.90 Å². The topological polar surface area (TPSA) is 86.2 Å². The summed E-state index contributed by atoms with van der Waals surface area (Å²) in [6.07, 6.45) is 1.64. The van der Waals surface area contributed by atoms with Crippen LogP contribution in [0.15, 0.2) is 62.8 Å². The van der Waals surface area contributed by atoms with Gasteiger partial charge in [0.15, 0.2) is 5.88 Å². The Kier molecular flexibility index (Phi) is 4.00. The maximum atomic E-state index is 11.4. The molecule has 4 rings (SSSR count). The van der Waals surface area contributed by atoms with E-state index in [1.165, 1.54) is 0 Å². The van der Waals surface area contributed by atoms with Gasteiger partial charge in [0.1, 0.15) is 0 Å². The average Bonchev–Trinajstić information content (AvgIpc) is 3.11. The van der Waals surface area contributed by atoms with Gasteiger partial charge in [-0.15, -0.1) is 0 Å². The van der Waals surface area contributed by atoms with E-state index in [0.717, 1.165) is 32.4 Å². The second-order valence-corrected chi connectivity index (χ2v) is 6.86. The molecule has 0 atom stereocenters. The number of H-pyrrole nitrogens is 2. The van der Waals surface area contributed by atoms with Crippen molar-refractivity contribution < 1.29 is 5.11 Å². The zero-order chi connectivity index (χ0) is 18.3.